The van der Waals surface area contributed by atoms with E-state index in [1.54, 1.807) is 0 Å². The summed E-state index contributed by atoms with van der Waals surface area (Å²) in [4.78, 5) is 0. The fourth-order valence-corrected chi connectivity index (χ4v) is 10.0. The summed E-state index contributed by atoms with van der Waals surface area (Å²) in [6.45, 7) is 23.5. The number of rotatable bonds is 16. The zero-order valence-electron chi connectivity index (χ0n) is 34.2. The van der Waals surface area contributed by atoms with Gasteiger partial charge in [-0.05, 0) is 192 Å². The third-order valence-corrected chi connectivity index (χ3v) is 14.1. The van der Waals surface area contributed by atoms with Crippen LogP contribution in [-0.4, -0.2) is 48.3 Å². The molecule has 0 radical (unpaired) electrons. The molecule has 0 heterocycles. The molecule has 10 atom stereocenters. The lowest BCUT2D eigenvalue weighted by atomic mass is 9.70. The topological polar surface area (TPSA) is 48.1 Å². The fourth-order valence-electron chi connectivity index (χ4n) is 10.0. The molecule has 4 nitrogen and oxygen atoms in total. The first kappa shape index (κ1) is 42.3. The Labute approximate surface area is 302 Å². The second-order valence-electron chi connectivity index (χ2n) is 18.3. The Hall–Kier alpha value is -0.160. The largest absolute Gasteiger partial charge is 0.312 e. The van der Waals surface area contributed by atoms with Crippen LogP contribution in [0.3, 0.4) is 0 Å². The first-order valence-electron chi connectivity index (χ1n) is 22.1. The minimum atomic E-state index is 0.679. The van der Waals surface area contributed by atoms with Crippen molar-refractivity contribution in [3.8, 4) is 0 Å². The normalized spacial score (nSPS) is 37.1. The van der Waals surface area contributed by atoms with Gasteiger partial charge in [-0.15, -0.1) is 0 Å². The summed E-state index contributed by atoms with van der Waals surface area (Å²) in [5.41, 5.74) is 0. The zero-order chi connectivity index (χ0) is 35.1. The van der Waals surface area contributed by atoms with E-state index in [0.717, 1.165) is 59.7 Å². The van der Waals surface area contributed by atoms with E-state index < -0.39 is 0 Å². The molecule has 4 saturated carbocycles. The van der Waals surface area contributed by atoms with Gasteiger partial charge in [0.2, 0.25) is 0 Å². The van der Waals surface area contributed by atoms with E-state index in [4.69, 9.17) is 0 Å². The highest BCUT2D eigenvalue weighted by Crippen LogP contribution is 2.39. The maximum absolute atomic E-state index is 3.87. The summed E-state index contributed by atoms with van der Waals surface area (Å²) in [6.07, 6.45) is 28.2. The van der Waals surface area contributed by atoms with E-state index in [-0.39, 0.29) is 0 Å². The Bertz CT molecular complexity index is 738. The van der Waals surface area contributed by atoms with Gasteiger partial charge in [0.05, 0.1) is 0 Å². The van der Waals surface area contributed by atoms with Crippen LogP contribution in [0.15, 0.2) is 0 Å². The minimum Gasteiger partial charge on any atom is -0.312 e. The van der Waals surface area contributed by atoms with Gasteiger partial charge in [0.25, 0.3) is 0 Å². The summed E-state index contributed by atoms with van der Waals surface area (Å²) in [5.74, 6) is 5.73. The molecule has 0 aromatic heterocycles. The van der Waals surface area contributed by atoms with Gasteiger partial charge < -0.3 is 21.3 Å². The van der Waals surface area contributed by atoms with Gasteiger partial charge in [-0.3, -0.25) is 0 Å². The van der Waals surface area contributed by atoms with Crippen molar-refractivity contribution in [2.75, 3.05) is 0 Å². The molecule has 284 valence electrons. The van der Waals surface area contributed by atoms with Crippen LogP contribution in [-0.2, 0) is 0 Å². The molecule has 4 fully saturated rings. The molecule has 0 aliphatic heterocycles. The van der Waals surface area contributed by atoms with Gasteiger partial charge in [0, 0.05) is 48.3 Å². The second kappa shape index (κ2) is 22.7. The van der Waals surface area contributed by atoms with Crippen LogP contribution in [0.4, 0.5) is 0 Å². The summed E-state index contributed by atoms with van der Waals surface area (Å²) >= 11 is 0. The molecule has 48 heavy (non-hydrogen) atoms. The lowest BCUT2D eigenvalue weighted by molar-refractivity contribution is 0.142. The van der Waals surface area contributed by atoms with Crippen molar-refractivity contribution in [3.63, 3.8) is 0 Å². The molecule has 0 amide bonds. The van der Waals surface area contributed by atoms with Crippen molar-refractivity contribution in [3.05, 3.63) is 0 Å². The SMILES string of the molecule is CCC(C)NC1CCC(CC2CCC(NC(C)CC)C(C)C2)CC1C.CCC(C)NC1CCC(CC2CCC(NC(C)CC)CC2)CC1. The fraction of sp³-hybridized carbons (Fsp3) is 1.00. The third-order valence-electron chi connectivity index (χ3n) is 14.1. The summed E-state index contributed by atoms with van der Waals surface area (Å²) in [6, 6.07) is 5.89. The maximum Gasteiger partial charge on any atom is 0.00953 e. The van der Waals surface area contributed by atoms with Crippen molar-refractivity contribution in [1.29, 1.82) is 0 Å². The average molecular weight is 673 g/mol. The highest BCUT2D eigenvalue weighted by molar-refractivity contribution is 4.89. The highest BCUT2D eigenvalue weighted by atomic mass is 15.0. The molecule has 0 spiro atoms. The van der Waals surface area contributed by atoms with Crippen molar-refractivity contribution < 1.29 is 0 Å². The van der Waals surface area contributed by atoms with Gasteiger partial charge in [-0.2, -0.15) is 0 Å². The van der Waals surface area contributed by atoms with E-state index in [1.807, 2.05) is 0 Å². The van der Waals surface area contributed by atoms with Crippen molar-refractivity contribution in [2.45, 2.75) is 246 Å². The molecule has 4 aliphatic carbocycles. The molecule has 4 rings (SSSR count). The second-order valence-corrected chi connectivity index (χ2v) is 18.3. The Morgan fingerprint density at radius 2 is 0.688 bits per heavy atom. The van der Waals surface area contributed by atoms with Gasteiger partial charge in [-0.25, -0.2) is 0 Å². The lowest BCUT2D eigenvalue weighted by Crippen LogP contribution is -2.45. The van der Waals surface area contributed by atoms with E-state index in [1.165, 1.54) is 128 Å². The summed E-state index contributed by atoms with van der Waals surface area (Å²) < 4.78 is 0. The molecule has 0 aromatic carbocycles. The lowest BCUT2D eigenvalue weighted by Gasteiger charge is -2.40. The predicted molar refractivity (Wildman–Crippen MR) is 213 cm³/mol. The zero-order valence-corrected chi connectivity index (χ0v) is 34.2. The standard InChI is InChI=1S/C23H46N2.C21H42N2/c1-7-18(5)24-22-11-9-20(13-16(22)3)15-21-10-12-23(17(4)14-21)25-19(6)8-2;1-5-16(3)22-20-11-7-18(8-12-20)15-19-9-13-21(14-10-19)23-17(4)6-2/h16-25H,7-15H2,1-6H3;16-23H,5-15H2,1-4H3. The van der Waals surface area contributed by atoms with Crippen LogP contribution in [0.2, 0.25) is 0 Å². The van der Waals surface area contributed by atoms with E-state index >= 15 is 0 Å². The van der Waals surface area contributed by atoms with Crippen LogP contribution in [0.5, 0.6) is 0 Å². The van der Waals surface area contributed by atoms with Gasteiger partial charge >= 0.3 is 0 Å². The quantitative estimate of drug-likeness (QED) is 0.132. The number of nitrogens with one attached hydrogen (secondary N) is 4. The molecule has 10 unspecified atom stereocenters. The van der Waals surface area contributed by atoms with Crippen molar-refractivity contribution in [2.24, 2.45) is 35.5 Å². The van der Waals surface area contributed by atoms with Crippen LogP contribution in [0.1, 0.15) is 198 Å². The Morgan fingerprint density at radius 1 is 0.396 bits per heavy atom. The predicted octanol–water partition coefficient (Wildman–Crippen LogP) is 11.0. The Balaban J connectivity index is 0.000000261. The first-order valence-corrected chi connectivity index (χ1v) is 22.1. The van der Waals surface area contributed by atoms with Crippen molar-refractivity contribution in [1.82, 2.24) is 21.3 Å². The monoisotopic (exact) mass is 673 g/mol. The van der Waals surface area contributed by atoms with Crippen LogP contribution in [0, 0.1) is 35.5 Å². The summed E-state index contributed by atoms with van der Waals surface area (Å²) in [5, 5.41) is 15.4. The molecular weight excluding hydrogens is 585 g/mol. The van der Waals surface area contributed by atoms with E-state index in [2.05, 4.69) is 90.5 Å². The van der Waals surface area contributed by atoms with Gasteiger partial charge in [-0.1, -0.05) is 41.5 Å². The molecule has 0 aromatic rings. The van der Waals surface area contributed by atoms with Crippen molar-refractivity contribution >= 4 is 0 Å². The molecule has 4 heteroatoms. The third kappa shape index (κ3) is 15.2. The smallest absolute Gasteiger partial charge is 0.00953 e. The molecular formula is C44H88N4. The van der Waals surface area contributed by atoms with E-state index in [0.29, 0.717) is 24.2 Å². The number of hydrogen-bond donors (Lipinski definition) is 4. The van der Waals surface area contributed by atoms with Crippen LogP contribution >= 0.6 is 0 Å². The Kier molecular flexibility index (Phi) is 20.0. The molecule has 4 aliphatic rings. The summed E-state index contributed by atoms with van der Waals surface area (Å²) in [7, 11) is 0. The first-order chi connectivity index (χ1) is 23.0. The van der Waals surface area contributed by atoms with Gasteiger partial charge in [0.1, 0.15) is 0 Å². The molecule has 4 N–H and O–H groups in total. The van der Waals surface area contributed by atoms with Crippen LogP contribution in [0.25, 0.3) is 0 Å². The van der Waals surface area contributed by atoms with Crippen LogP contribution < -0.4 is 21.3 Å². The minimum absolute atomic E-state index is 0.679. The molecule has 0 bridgehead atoms. The van der Waals surface area contributed by atoms with Gasteiger partial charge in [0.15, 0.2) is 0 Å². The Morgan fingerprint density at radius 3 is 1.00 bits per heavy atom. The molecule has 0 saturated heterocycles. The van der Waals surface area contributed by atoms with E-state index in [9.17, 15) is 0 Å². The highest BCUT2D eigenvalue weighted by Gasteiger charge is 2.33. The average Bonchev–Trinajstić information content (AvgIpc) is 3.09. The number of hydrogen-bond acceptors (Lipinski definition) is 4. The maximum atomic E-state index is 3.87.